The van der Waals surface area contributed by atoms with E-state index in [1.165, 1.54) is 24.3 Å². The van der Waals surface area contributed by atoms with E-state index in [1.807, 2.05) is 6.07 Å². The van der Waals surface area contributed by atoms with Crippen LogP contribution in [-0.4, -0.2) is 5.91 Å². The van der Waals surface area contributed by atoms with E-state index in [0.29, 0.717) is 25.8 Å². The fourth-order valence-corrected chi connectivity index (χ4v) is 3.96. The Morgan fingerprint density at radius 2 is 1.84 bits per heavy atom. The minimum Gasteiger partial charge on any atom is -0.486 e. The molecular weight excluding hydrogens is 542 g/mol. The fraction of sp³-hybridized carbons (Fsp3) is 0.0435. The number of rotatable bonds is 6. The highest BCUT2D eigenvalue weighted by Crippen LogP contribution is 2.36. The Kier molecular flexibility index (Phi) is 8.16. The van der Waals surface area contributed by atoms with E-state index in [-0.39, 0.29) is 22.9 Å². The quantitative estimate of drug-likeness (QED) is 0.251. The van der Waals surface area contributed by atoms with Gasteiger partial charge in [-0.3, -0.25) is 4.79 Å². The molecule has 0 radical (unpaired) electrons. The van der Waals surface area contributed by atoms with Crippen LogP contribution in [-0.2, 0) is 11.4 Å². The molecule has 3 aromatic carbocycles. The molecule has 0 saturated carbocycles. The molecule has 3 aromatic rings. The Hall–Kier alpha value is -2.56. The third-order valence-corrected chi connectivity index (χ3v) is 5.79. The van der Waals surface area contributed by atoms with Crippen molar-refractivity contribution < 1.29 is 13.9 Å². The van der Waals surface area contributed by atoms with E-state index < -0.39 is 11.7 Å². The summed E-state index contributed by atoms with van der Waals surface area (Å²) in [6.45, 7) is 0.193. The molecule has 0 heterocycles. The van der Waals surface area contributed by atoms with E-state index in [4.69, 9.17) is 39.5 Å². The number of para-hydroxylation sites is 1. The first-order valence-electron chi connectivity index (χ1n) is 9.02. The molecule has 0 aliphatic rings. The molecule has 0 aliphatic heterocycles. The number of carbonyl (C=O) groups is 1. The summed E-state index contributed by atoms with van der Waals surface area (Å²) in [6.07, 6.45) is 1.34. The van der Waals surface area contributed by atoms with Crippen LogP contribution in [0.1, 0.15) is 11.1 Å². The molecular formula is C23H13BrCl3FN2O2. The number of halogens is 5. The van der Waals surface area contributed by atoms with Gasteiger partial charge < -0.3 is 10.1 Å². The number of benzene rings is 3. The maximum atomic E-state index is 13.8. The molecule has 0 fully saturated rings. The zero-order chi connectivity index (χ0) is 23.3. The van der Waals surface area contributed by atoms with Crippen LogP contribution in [0.15, 0.2) is 64.6 Å². The number of hydrogen-bond acceptors (Lipinski definition) is 3. The van der Waals surface area contributed by atoms with E-state index >= 15 is 0 Å². The monoisotopic (exact) mass is 552 g/mol. The van der Waals surface area contributed by atoms with Crippen LogP contribution in [0, 0.1) is 17.1 Å². The fourth-order valence-electron chi connectivity index (χ4n) is 2.65. The highest BCUT2D eigenvalue weighted by atomic mass is 79.9. The Labute approximate surface area is 207 Å². The summed E-state index contributed by atoms with van der Waals surface area (Å²) in [5.41, 5.74) is 1.02. The van der Waals surface area contributed by atoms with Gasteiger partial charge in [-0.25, -0.2) is 4.39 Å². The van der Waals surface area contributed by atoms with Crippen LogP contribution < -0.4 is 10.1 Å². The average Bonchev–Trinajstić information content (AvgIpc) is 2.75. The van der Waals surface area contributed by atoms with Crippen molar-refractivity contribution in [3.8, 4) is 11.8 Å². The van der Waals surface area contributed by atoms with Crippen molar-refractivity contribution in [3.05, 3.63) is 96.7 Å². The Bertz CT molecular complexity index is 1240. The van der Waals surface area contributed by atoms with Gasteiger partial charge in [-0.15, -0.1) is 0 Å². The van der Waals surface area contributed by atoms with Crippen molar-refractivity contribution in [2.45, 2.75) is 6.61 Å². The number of hydrogen-bond donors (Lipinski definition) is 1. The largest absolute Gasteiger partial charge is 0.486 e. The number of anilines is 1. The second-order valence-corrected chi connectivity index (χ2v) is 8.53. The van der Waals surface area contributed by atoms with E-state index in [9.17, 15) is 14.4 Å². The standard InChI is InChI=1S/C23H13BrCl3FN2O2/c24-16-8-14(7-15(11-29)23(31)30-21-4-2-1-3-20(21)28)10-19(27)22(16)32-12-13-5-6-17(25)18(26)9-13/h1-10H,12H2,(H,30,31)/b15-7-. The van der Waals surface area contributed by atoms with Gasteiger partial charge in [-0.1, -0.05) is 53.0 Å². The van der Waals surface area contributed by atoms with Gasteiger partial charge in [0.25, 0.3) is 5.91 Å². The number of carbonyl (C=O) groups excluding carboxylic acids is 1. The first-order chi connectivity index (χ1) is 15.3. The summed E-state index contributed by atoms with van der Waals surface area (Å²) in [7, 11) is 0. The summed E-state index contributed by atoms with van der Waals surface area (Å²) < 4.78 is 20.1. The minimum atomic E-state index is -0.746. The minimum absolute atomic E-state index is 0.0242. The topological polar surface area (TPSA) is 62.1 Å². The van der Waals surface area contributed by atoms with Crippen LogP contribution in [0.25, 0.3) is 6.08 Å². The summed E-state index contributed by atoms with van der Waals surface area (Å²) in [5.74, 6) is -0.971. The van der Waals surface area contributed by atoms with E-state index in [2.05, 4.69) is 21.2 Å². The average molecular weight is 555 g/mol. The van der Waals surface area contributed by atoms with Gasteiger partial charge in [0.1, 0.15) is 24.1 Å². The maximum absolute atomic E-state index is 13.8. The third-order valence-electron chi connectivity index (χ3n) is 4.19. The first-order valence-corrected chi connectivity index (χ1v) is 10.9. The zero-order valence-electron chi connectivity index (χ0n) is 16.1. The molecule has 0 aromatic heterocycles. The van der Waals surface area contributed by atoms with Gasteiger partial charge in [0.15, 0.2) is 5.75 Å². The molecule has 1 N–H and O–H groups in total. The van der Waals surface area contributed by atoms with Gasteiger partial charge in [0.2, 0.25) is 0 Å². The summed E-state index contributed by atoms with van der Waals surface area (Å²) in [4.78, 5) is 12.4. The Balaban J connectivity index is 1.78. The zero-order valence-corrected chi connectivity index (χ0v) is 20.0. The number of nitriles is 1. The van der Waals surface area contributed by atoms with Crippen molar-refractivity contribution >= 4 is 68.4 Å². The lowest BCUT2D eigenvalue weighted by molar-refractivity contribution is -0.112. The molecule has 1 amide bonds. The molecule has 0 atom stereocenters. The second kappa shape index (κ2) is 10.8. The Morgan fingerprint density at radius 3 is 2.50 bits per heavy atom. The lowest BCUT2D eigenvalue weighted by Gasteiger charge is -2.12. The molecule has 0 saturated heterocycles. The van der Waals surface area contributed by atoms with Crippen molar-refractivity contribution in [1.82, 2.24) is 0 Å². The first kappa shape index (κ1) is 24.1. The lowest BCUT2D eigenvalue weighted by Crippen LogP contribution is -2.14. The van der Waals surface area contributed by atoms with Crippen molar-refractivity contribution in [1.29, 1.82) is 5.26 Å². The van der Waals surface area contributed by atoms with Gasteiger partial charge in [0.05, 0.1) is 25.2 Å². The van der Waals surface area contributed by atoms with E-state index in [1.54, 1.807) is 36.4 Å². The molecule has 4 nitrogen and oxygen atoms in total. The number of amides is 1. The lowest BCUT2D eigenvalue weighted by atomic mass is 10.1. The predicted octanol–water partition coefficient (Wildman–Crippen LogP) is 7.67. The molecule has 0 bridgehead atoms. The highest BCUT2D eigenvalue weighted by molar-refractivity contribution is 9.10. The number of nitrogens with zero attached hydrogens (tertiary/aromatic N) is 1. The summed E-state index contributed by atoms with van der Waals surface area (Å²) in [5, 5.41) is 12.9. The highest BCUT2D eigenvalue weighted by Gasteiger charge is 2.14. The van der Waals surface area contributed by atoms with Gasteiger partial charge >= 0.3 is 0 Å². The van der Waals surface area contributed by atoms with Crippen LogP contribution in [0.3, 0.4) is 0 Å². The molecule has 162 valence electrons. The van der Waals surface area contributed by atoms with E-state index in [0.717, 1.165) is 5.56 Å². The van der Waals surface area contributed by atoms with Crippen molar-refractivity contribution in [2.24, 2.45) is 0 Å². The second-order valence-electron chi connectivity index (χ2n) is 6.45. The smallest absolute Gasteiger partial charge is 0.266 e. The molecule has 32 heavy (non-hydrogen) atoms. The maximum Gasteiger partial charge on any atom is 0.266 e. The predicted molar refractivity (Wildman–Crippen MR) is 129 cm³/mol. The van der Waals surface area contributed by atoms with Crippen LogP contribution in [0.4, 0.5) is 10.1 Å². The van der Waals surface area contributed by atoms with Crippen LogP contribution >= 0.6 is 50.7 Å². The Morgan fingerprint density at radius 1 is 1.09 bits per heavy atom. The number of ether oxygens (including phenoxy) is 1. The molecule has 0 spiro atoms. The van der Waals surface area contributed by atoms with Crippen molar-refractivity contribution in [3.63, 3.8) is 0 Å². The SMILES string of the molecule is N#C/C(=C/c1cc(Cl)c(OCc2ccc(Cl)c(Cl)c2)c(Br)c1)C(=O)Nc1ccccc1F. The summed E-state index contributed by atoms with van der Waals surface area (Å²) in [6, 6.07) is 15.8. The molecule has 3 rings (SSSR count). The molecule has 0 unspecified atom stereocenters. The van der Waals surface area contributed by atoms with Crippen molar-refractivity contribution in [2.75, 3.05) is 5.32 Å². The molecule has 9 heteroatoms. The van der Waals surface area contributed by atoms with Gasteiger partial charge in [0, 0.05) is 0 Å². The van der Waals surface area contributed by atoms with Gasteiger partial charge in [-0.05, 0) is 69.5 Å². The summed E-state index contributed by atoms with van der Waals surface area (Å²) >= 11 is 21.7. The van der Waals surface area contributed by atoms with Gasteiger partial charge in [-0.2, -0.15) is 5.26 Å². The van der Waals surface area contributed by atoms with Crippen LogP contribution in [0.2, 0.25) is 15.1 Å². The number of nitrogens with one attached hydrogen (secondary N) is 1. The third kappa shape index (κ3) is 6.02. The van der Waals surface area contributed by atoms with Crippen LogP contribution in [0.5, 0.6) is 5.75 Å². The molecule has 0 aliphatic carbocycles. The normalized spacial score (nSPS) is 11.1.